The molecule has 1 aromatic carbocycles. The molecule has 2 aromatic rings. The van der Waals surface area contributed by atoms with Gasteiger partial charge in [-0.2, -0.15) is 0 Å². The zero-order chi connectivity index (χ0) is 20.5. The number of hydrogen-bond acceptors (Lipinski definition) is 8. The number of rotatable bonds is 4. The first-order chi connectivity index (χ1) is 14.7. The summed E-state index contributed by atoms with van der Waals surface area (Å²) >= 11 is 1.21. The maximum Gasteiger partial charge on any atom is 0.267 e. The molecular weight excluding hydrogens is 402 g/mol. The van der Waals surface area contributed by atoms with Crippen LogP contribution in [-0.4, -0.2) is 82.3 Å². The molecule has 0 N–H and O–H groups in total. The van der Waals surface area contributed by atoms with Crippen LogP contribution in [0.3, 0.4) is 0 Å². The van der Waals surface area contributed by atoms with E-state index in [1.165, 1.54) is 17.1 Å². The fourth-order valence-corrected chi connectivity index (χ4v) is 5.22. The lowest BCUT2D eigenvalue weighted by atomic mass is 10.0. The van der Waals surface area contributed by atoms with Crippen molar-refractivity contribution in [2.75, 3.05) is 46.1 Å². The lowest BCUT2D eigenvalue weighted by Crippen LogP contribution is -2.55. The van der Waals surface area contributed by atoms with Crippen LogP contribution in [0.2, 0.25) is 0 Å². The lowest BCUT2D eigenvalue weighted by molar-refractivity contribution is 0.0410. The van der Waals surface area contributed by atoms with Gasteiger partial charge in [-0.05, 0) is 49.0 Å². The highest BCUT2D eigenvalue weighted by Crippen LogP contribution is 2.33. The highest BCUT2D eigenvalue weighted by Gasteiger charge is 2.31. The second kappa shape index (κ2) is 8.49. The molecule has 0 bridgehead atoms. The quantitative estimate of drug-likeness (QED) is 0.736. The van der Waals surface area contributed by atoms with E-state index in [4.69, 9.17) is 9.47 Å². The minimum absolute atomic E-state index is 0.0913. The number of carbonyl (C=O) groups is 1. The first-order valence-corrected chi connectivity index (χ1v) is 11.4. The minimum Gasteiger partial charge on any atom is -0.454 e. The molecule has 1 aromatic heterocycles. The third-order valence-corrected chi connectivity index (χ3v) is 7.11. The first-order valence-electron chi connectivity index (χ1n) is 10.6. The summed E-state index contributed by atoms with van der Waals surface area (Å²) in [6.07, 6.45) is 2.21. The van der Waals surface area contributed by atoms with Crippen molar-refractivity contribution >= 4 is 17.4 Å². The first kappa shape index (κ1) is 19.7. The summed E-state index contributed by atoms with van der Waals surface area (Å²) in [6.45, 7) is 8.89. The van der Waals surface area contributed by atoms with E-state index in [-0.39, 0.29) is 5.91 Å². The Kier molecular flexibility index (Phi) is 5.58. The molecule has 4 heterocycles. The summed E-state index contributed by atoms with van der Waals surface area (Å²) in [6, 6.07) is 6.66. The van der Waals surface area contributed by atoms with Crippen LogP contribution >= 0.6 is 11.5 Å². The van der Waals surface area contributed by atoms with Crippen LogP contribution in [0.1, 0.15) is 33.8 Å². The Hall–Kier alpha value is -2.23. The number of benzene rings is 1. The fourth-order valence-electron chi connectivity index (χ4n) is 4.59. The molecule has 3 aliphatic rings. The van der Waals surface area contributed by atoms with Crippen molar-refractivity contribution < 1.29 is 14.3 Å². The molecule has 30 heavy (non-hydrogen) atoms. The number of aryl methyl sites for hydroxylation is 1. The summed E-state index contributed by atoms with van der Waals surface area (Å²) in [7, 11) is 0. The summed E-state index contributed by atoms with van der Waals surface area (Å²) in [5, 5.41) is 3.99. The largest absolute Gasteiger partial charge is 0.454 e. The molecule has 0 aliphatic carbocycles. The third kappa shape index (κ3) is 4.01. The molecule has 0 spiro atoms. The van der Waals surface area contributed by atoms with Gasteiger partial charge in [0, 0.05) is 51.9 Å². The maximum absolute atomic E-state index is 12.9. The standard InChI is InChI=1S/C21H27N5O3S/c1-15-20(30-23-22-15)21(27)26-6-2-3-17(13-26)25-9-7-24(8-10-25)12-16-4-5-18-19(11-16)29-14-28-18/h4-5,11,17H,2-3,6-10,12-14H2,1H3. The monoisotopic (exact) mass is 429 g/mol. The van der Waals surface area contributed by atoms with E-state index in [2.05, 4.69) is 31.5 Å². The number of nitrogens with zero attached hydrogens (tertiary/aromatic N) is 5. The van der Waals surface area contributed by atoms with Crippen LogP contribution < -0.4 is 9.47 Å². The van der Waals surface area contributed by atoms with Crippen molar-refractivity contribution in [1.29, 1.82) is 0 Å². The predicted octanol–water partition coefficient (Wildman–Crippen LogP) is 2.00. The topological polar surface area (TPSA) is 71.0 Å². The van der Waals surface area contributed by atoms with Gasteiger partial charge in [-0.15, -0.1) is 5.10 Å². The lowest BCUT2D eigenvalue weighted by Gasteiger charge is -2.43. The molecule has 1 atom stereocenters. The Morgan fingerprint density at radius 2 is 2.00 bits per heavy atom. The van der Waals surface area contributed by atoms with E-state index in [1.54, 1.807) is 0 Å². The van der Waals surface area contributed by atoms with Gasteiger partial charge in [-0.25, -0.2) is 0 Å². The van der Waals surface area contributed by atoms with Gasteiger partial charge in [-0.3, -0.25) is 14.6 Å². The molecular formula is C21H27N5O3S. The summed E-state index contributed by atoms with van der Waals surface area (Å²) in [4.78, 5) is 20.6. The number of likely N-dealkylation sites (tertiary alicyclic amines) is 1. The molecule has 5 rings (SSSR count). The van der Waals surface area contributed by atoms with Crippen molar-refractivity contribution in [3.8, 4) is 11.5 Å². The Balaban J connectivity index is 1.14. The number of carbonyl (C=O) groups excluding carboxylic acids is 1. The second-order valence-electron chi connectivity index (χ2n) is 8.23. The maximum atomic E-state index is 12.9. The van der Waals surface area contributed by atoms with Crippen molar-refractivity contribution in [2.24, 2.45) is 0 Å². The average molecular weight is 430 g/mol. The highest BCUT2D eigenvalue weighted by atomic mass is 32.1. The van der Waals surface area contributed by atoms with E-state index in [9.17, 15) is 4.79 Å². The summed E-state index contributed by atoms with van der Waals surface area (Å²) < 4.78 is 14.8. The van der Waals surface area contributed by atoms with Gasteiger partial charge in [0.25, 0.3) is 5.91 Å². The molecule has 0 saturated carbocycles. The zero-order valence-electron chi connectivity index (χ0n) is 17.2. The van der Waals surface area contributed by atoms with Crippen molar-refractivity contribution in [3.63, 3.8) is 0 Å². The van der Waals surface area contributed by atoms with E-state index in [0.717, 1.165) is 75.8 Å². The Morgan fingerprint density at radius 1 is 1.17 bits per heavy atom. The van der Waals surface area contributed by atoms with Crippen LogP contribution in [-0.2, 0) is 6.54 Å². The molecule has 3 aliphatic heterocycles. The molecule has 9 heteroatoms. The van der Waals surface area contributed by atoms with E-state index >= 15 is 0 Å². The second-order valence-corrected chi connectivity index (χ2v) is 8.99. The number of ether oxygens (including phenoxy) is 2. The predicted molar refractivity (Wildman–Crippen MR) is 113 cm³/mol. The molecule has 0 radical (unpaired) electrons. The molecule has 8 nitrogen and oxygen atoms in total. The van der Waals surface area contributed by atoms with Crippen LogP contribution in [0.25, 0.3) is 0 Å². The Bertz CT molecular complexity index is 912. The molecule has 1 unspecified atom stereocenters. The number of fused-ring (bicyclic) bond motifs is 1. The van der Waals surface area contributed by atoms with Crippen LogP contribution in [0.5, 0.6) is 11.5 Å². The van der Waals surface area contributed by atoms with Crippen LogP contribution in [0, 0.1) is 6.92 Å². The van der Waals surface area contributed by atoms with Gasteiger partial charge in [0.2, 0.25) is 6.79 Å². The number of aromatic nitrogens is 2. The van der Waals surface area contributed by atoms with Gasteiger partial charge in [0.15, 0.2) is 11.5 Å². The SMILES string of the molecule is Cc1nnsc1C(=O)N1CCCC(N2CCN(Cc3ccc4c(c3)OCO4)CC2)C1. The molecule has 160 valence electrons. The number of piperidine rings is 1. The van der Waals surface area contributed by atoms with E-state index in [0.29, 0.717) is 17.7 Å². The fraction of sp³-hybridized carbons (Fsp3) is 0.571. The smallest absolute Gasteiger partial charge is 0.267 e. The van der Waals surface area contributed by atoms with E-state index in [1.807, 2.05) is 17.9 Å². The van der Waals surface area contributed by atoms with Gasteiger partial charge in [-0.1, -0.05) is 10.6 Å². The molecule has 2 saturated heterocycles. The third-order valence-electron chi connectivity index (χ3n) is 6.30. The van der Waals surface area contributed by atoms with E-state index < -0.39 is 0 Å². The van der Waals surface area contributed by atoms with Crippen LogP contribution in [0.4, 0.5) is 0 Å². The summed E-state index contributed by atoms with van der Waals surface area (Å²) in [5.41, 5.74) is 2.00. The Labute approximate surface area is 180 Å². The van der Waals surface area contributed by atoms with Crippen LogP contribution in [0.15, 0.2) is 18.2 Å². The average Bonchev–Trinajstić information content (AvgIpc) is 3.42. The number of amides is 1. The van der Waals surface area contributed by atoms with Gasteiger partial charge < -0.3 is 14.4 Å². The van der Waals surface area contributed by atoms with Gasteiger partial charge in [0.05, 0.1) is 5.69 Å². The van der Waals surface area contributed by atoms with Gasteiger partial charge >= 0.3 is 0 Å². The van der Waals surface area contributed by atoms with Crippen molar-refractivity contribution in [1.82, 2.24) is 24.3 Å². The summed E-state index contributed by atoms with van der Waals surface area (Å²) in [5.74, 6) is 1.78. The minimum atomic E-state index is 0.0913. The molecule has 2 fully saturated rings. The normalized spacial score (nSPS) is 22.4. The highest BCUT2D eigenvalue weighted by molar-refractivity contribution is 7.07. The molecule has 1 amide bonds. The zero-order valence-corrected chi connectivity index (χ0v) is 18.1. The van der Waals surface area contributed by atoms with Gasteiger partial charge in [0.1, 0.15) is 4.88 Å². The Morgan fingerprint density at radius 3 is 2.80 bits per heavy atom. The number of hydrogen-bond donors (Lipinski definition) is 0. The van der Waals surface area contributed by atoms with Crippen molar-refractivity contribution in [3.05, 3.63) is 34.3 Å². The van der Waals surface area contributed by atoms with Crippen molar-refractivity contribution in [2.45, 2.75) is 32.4 Å². The number of piperazine rings is 1.